The third-order valence-corrected chi connectivity index (χ3v) is 4.54. The molecule has 0 aliphatic heterocycles. The number of rotatable bonds is 8. The molecule has 7 nitrogen and oxygen atoms in total. The zero-order valence-electron chi connectivity index (χ0n) is 13.3. The van der Waals surface area contributed by atoms with Crippen LogP contribution in [0.5, 0.6) is 0 Å². The largest absolute Gasteiger partial charge is 0.446 e. The van der Waals surface area contributed by atoms with Crippen LogP contribution in [-0.2, 0) is 30.1 Å². The number of nitrogens with two attached hydrogens (primary N) is 1. The van der Waals surface area contributed by atoms with E-state index in [2.05, 4.69) is 4.72 Å². The SMILES string of the molecule is NC(=O)C(OC(=O)CNS(=O)(=O)Cc1ccccc1)c1ccccc1. The molecule has 2 rings (SSSR count). The van der Waals surface area contributed by atoms with Crippen LogP contribution in [-0.4, -0.2) is 26.8 Å². The number of amides is 1. The van der Waals surface area contributed by atoms with Crippen molar-refractivity contribution >= 4 is 21.9 Å². The molecule has 25 heavy (non-hydrogen) atoms. The van der Waals surface area contributed by atoms with Gasteiger partial charge in [0.15, 0.2) is 0 Å². The quantitative estimate of drug-likeness (QED) is 0.676. The number of primary amides is 1. The van der Waals surface area contributed by atoms with Crippen molar-refractivity contribution in [3.63, 3.8) is 0 Å². The van der Waals surface area contributed by atoms with Gasteiger partial charge in [-0.2, -0.15) is 0 Å². The van der Waals surface area contributed by atoms with Crippen molar-refractivity contribution < 1.29 is 22.7 Å². The second-order valence-corrected chi connectivity index (χ2v) is 7.06. The molecule has 3 N–H and O–H groups in total. The van der Waals surface area contributed by atoms with Gasteiger partial charge in [0.2, 0.25) is 16.1 Å². The molecular formula is C17H18N2O5S. The first kappa shape index (κ1) is 18.6. The van der Waals surface area contributed by atoms with E-state index in [1.54, 1.807) is 60.7 Å². The number of esters is 1. The predicted octanol–water partition coefficient (Wildman–Crippen LogP) is 0.876. The Morgan fingerprint density at radius 3 is 2.12 bits per heavy atom. The second-order valence-electron chi connectivity index (χ2n) is 5.25. The highest BCUT2D eigenvalue weighted by molar-refractivity contribution is 7.88. The summed E-state index contributed by atoms with van der Waals surface area (Å²) >= 11 is 0. The lowest BCUT2D eigenvalue weighted by Gasteiger charge is -2.15. The maximum Gasteiger partial charge on any atom is 0.322 e. The zero-order valence-corrected chi connectivity index (χ0v) is 14.1. The first-order valence-electron chi connectivity index (χ1n) is 7.42. The molecule has 0 bridgehead atoms. The normalized spacial score (nSPS) is 12.3. The van der Waals surface area contributed by atoms with Crippen LogP contribution in [0.1, 0.15) is 17.2 Å². The summed E-state index contributed by atoms with van der Waals surface area (Å²) in [6.07, 6.45) is -1.27. The predicted molar refractivity (Wildman–Crippen MR) is 91.5 cm³/mol. The fraction of sp³-hybridized carbons (Fsp3) is 0.176. The van der Waals surface area contributed by atoms with Crippen LogP contribution in [0.3, 0.4) is 0 Å². The Bertz CT molecular complexity index is 823. The highest BCUT2D eigenvalue weighted by Gasteiger charge is 2.23. The summed E-state index contributed by atoms with van der Waals surface area (Å²) < 4.78 is 31.1. The van der Waals surface area contributed by atoms with Gasteiger partial charge in [-0.05, 0) is 5.56 Å². The van der Waals surface area contributed by atoms with E-state index in [1.807, 2.05) is 0 Å². The van der Waals surface area contributed by atoms with E-state index in [1.165, 1.54) is 0 Å². The maximum atomic E-state index is 12.0. The summed E-state index contributed by atoms with van der Waals surface area (Å²) in [7, 11) is -3.72. The van der Waals surface area contributed by atoms with Gasteiger partial charge in [-0.1, -0.05) is 60.7 Å². The molecule has 0 heterocycles. The molecular weight excluding hydrogens is 344 g/mol. The van der Waals surface area contributed by atoms with Crippen molar-refractivity contribution in [2.75, 3.05) is 6.54 Å². The van der Waals surface area contributed by atoms with E-state index in [4.69, 9.17) is 10.5 Å². The van der Waals surface area contributed by atoms with Crippen molar-refractivity contribution in [2.24, 2.45) is 5.73 Å². The van der Waals surface area contributed by atoms with Crippen LogP contribution in [0.4, 0.5) is 0 Å². The molecule has 0 fully saturated rings. The van der Waals surface area contributed by atoms with Gasteiger partial charge in [-0.25, -0.2) is 13.1 Å². The molecule has 0 aromatic heterocycles. The van der Waals surface area contributed by atoms with Crippen LogP contribution in [0, 0.1) is 0 Å². The Labute approximate surface area is 145 Å². The lowest BCUT2D eigenvalue weighted by Crippen LogP contribution is -2.34. The number of carbonyl (C=O) groups excluding carboxylic acids is 2. The number of sulfonamides is 1. The van der Waals surface area contributed by atoms with Crippen molar-refractivity contribution in [1.82, 2.24) is 4.72 Å². The Balaban J connectivity index is 1.94. The minimum atomic E-state index is -3.72. The lowest BCUT2D eigenvalue weighted by molar-refractivity contribution is -0.154. The van der Waals surface area contributed by atoms with E-state index < -0.39 is 34.5 Å². The van der Waals surface area contributed by atoms with Crippen LogP contribution < -0.4 is 10.5 Å². The Morgan fingerprint density at radius 1 is 1.00 bits per heavy atom. The highest BCUT2D eigenvalue weighted by Crippen LogP contribution is 2.16. The molecule has 0 spiro atoms. The average Bonchev–Trinajstić information content (AvgIpc) is 2.59. The molecule has 0 saturated heterocycles. The summed E-state index contributed by atoms with van der Waals surface area (Å²) in [6.45, 7) is -0.591. The third kappa shape index (κ3) is 6.02. The minimum absolute atomic E-state index is 0.265. The number of hydrogen-bond acceptors (Lipinski definition) is 5. The van der Waals surface area contributed by atoms with E-state index in [9.17, 15) is 18.0 Å². The van der Waals surface area contributed by atoms with Gasteiger partial charge in [-0.3, -0.25) is 9.59 Å². The standard InChI is InChI=1S/C17H18N2O5S/c18-17(21)16(14-9-5-2-6-10-14)24-15(20)11-19-25(22,23)12-13-7-3-1-4-8-13/h1-10,16,19H,11-12H2,(H2,18,21). The van der Waals surface area contributed by atoms with Crippen molar-refractivity contribution in [3.8, 4) is 0 Å². The summed E-state index contributed by atoms with van der Waals surface area (Å²) in [5.74, 6) is -2.00. The average molecular weight is 362 g/mol. The molecule has 2 aromatic rings. The number of benzene rings is 2. The van der Waals surface area contributed by atoms with Gasteiger partial charge in [0, 0.05) is 5.56 Å². The molecule has 2 aromatic carbocycles. The van der Waals surface area contributed by atoms with Gasteiger partial charge < -0.3 is 10.5 Å². The molecule has 8 heteroatoms. The van der Waals surface area contributed by atoms with Crippen molar-refractivity contribution in [2.45, 2.75) is 11.9 Å². The second kappa shape index (κ2) is 8.41. The van der Waals surface area contributed by atoms with Crippen LogP contribution in [0.2, 0.25) is 0 Å². The maximum absolute atomic E-state index is 12.0. The van der Waals surface area contributed by atoms with E-state index >= 15 is 0 Å². The van der Waals surface area contributed by atoms with Gasteiger partial charge >= 0.3 is 5.97 Å². The van der Waals surface area contributed by atoms with Crippen LogP contribution in [0.15, 0.2) is 60.7 Å². The fourth-order valence-corrected chi connectivity index (χ4v) is 3.18. The molecule has 0 aliphatic rings. The molecule has 1 amide bonds. The first-order valence-corrected chi connectivity index (χ1v) is 9.07. The fourth-order valence-electron chi connectivity index (χ4n) is 2.10. The Hall–Kier alpha value is -2.71. The van der Waals surface area contributed by atoms with Crippen molar-refractivity contribution in [1.29, 1.82) is 0 Å². The van der Waals surface area contributed by atoms with Gasteiger partial charge in [0.05, 0.1) is 5.75 Å². The van der Waals surface area contributed by atoms with E-state index in [-0.39, 0.29) is 5.75 Å². The third-order valence-electron chi connectivity index (χ3n) is 3.25. The van der Waals surface area contributed by atoms with Crippen molar-refractivity contribution in [3.05, 3.63) is 71.8 Å². The smallest absolute Gasteiger partial charge is 0.322 e. The number of ether oxygens (including phenoxy) is 1. The number of hydrogen-bond donors (Lipinski definition) is 2. The molecule has 1 unspecified atom stereocenters. The summed E-state index contributed by atoms with van der Waals surface area (Å²) in [5, 5.41) is 0. The monoisotopic (exact) mass is 362 g/mol. The van der Waals surface area contributed by atoms with Crippen LogP contribution in [0.25, 0.3) is 0 Å². The first-order chi connectivity index (χ1) is 11.9. The number of nitrogens with one attached hydrogen (secondary N) is 1. The Morgan fingerprint density at radius 2 is 1.56 bits per heavy atom. The van der Waals surface area contributed by atoms with E-state index in [0.717, 1.165) is 0 Å². The summed E-state index contributed by atoms with van der Waals surface area (Å²) in [4.78, 5) is 23.4. The zero-order chi connectivity index (χ0) is 18.3. The van der Waals surface area contributed by atoms with E-state index in [0.29, 0.717) is 11.1 Å². The minimum Gasteiger partial charge on any atom is -0.446 e. The molecule has 0 saturated carbocycles. The Kier molecular flexibility index (Phi) is 6.26. The highest BCUT2D eigenvalue weighted by atomic mass is 32.2. The van der Waals surface area contributed by atoms with Gasteiger partial charge in [-0.15, -0.1) is 0 Å². The summed E-state index contributed by atoms with van der Waals surface area (Å²) in [5.41, 5.74) is 6.24. The molecule has 132 valence electrons. The lowest BCUT2D eigenvalue weighted by atomic mass is 10.1. The topological polar surface area (TPSA) is 116 Å². The molecule has 1 atom stereocenters. The van der Waals surface area contributed by atoms with Crippen LogP contribution >= 0.6 is 0 Å². The number of carbonyl (C=O) groups is 2. The van der Waals surface area contributed by atoms with Gasteiger partial charge in [0.1, 0.15) is 6.54 Å². The van der Waals surface area contributed by atoms with Gasteiger partial charge in [0.25, 0.3) is 5.91 Å². The molecule has 0 radical (unpaired) electrons. The summed E-state index contributed by atoms with van der Waals surface area (Å²) in [6, 6.07) is 16.8. The molecule has 0 aliphatic carbocycles.